The molecule has 0 unspecified atom stereocenters. The number of rotatable bonds is 7. The van der Waals surface area contributed by atoms with E-state index in [2.05, 4.69) is 22.5 Å². The fourth-order valence-electron chi connectivity index (χ4n) is 7.61. The third-order valence-electron chi connectivity index (χ3n) is 9.87. The topological polar surface area (TPSA) is 106 Å². The SMILES string of the molecule is C=C(F)C(=O)N1CCN(c2nc(OCC34CCCN3CCC4)nc3c(F)c(-c4cc(O)cc5c(Cl)cccc45)ccc23)C[C@@H]1CC#N. The van der Waals surface area contributed by atoms with Crippen molar-refractivity contribution in [2.75, 3.05) is 44.2 Å². The summed E-state index contributed by atoms with van der Waals surface area (Å²) in [7, 11) is 0. The molecule has 0 saturated carbocycles. The number of carbonyl (C=O) groups is 1. The summed E-state index contributed by atoms with van der Waals surface area (Å²) in [4.78, 5) is 27.6. The average molecular weight is 659 g/mol. The quantitative estimate of drug-likeness (QED) is 0.229. The lowest BCUT2D eigenvalue weighted by Crippen LogP contribution is -2.55. The van der Waals surface area contributed by atoms with E-state index >= 15 is 4.39 Å². The first-order valence-electron chi connectivity index (χ1n) is 15.8. The number of carbonyl (C=O) groups excluding carboxylic acids is 1. The number of amides is 1. The Bertz CT molecular complexity index is 1960. The van der Waals surface area contributed by atoms with Gasteiger partial charge in [0.2, 0.25) is 0 Å². The number of benzene rings is 3. The summed E-state index contributed by atoms with van der Waals surface area (Å²) in [6.45, 7) is 6.07. The summed E-state index contributed by atoms with van der Waals surface area (Å²) in [5.41, 5.74) is 0.591. The van der Waals surface area contributed by atoms with Gasteiger partial charge in [0.25, 0.3) is 5.91 Å². The molecule has 3 saturated heterocycles. The highest BCUT2D eigenvalue weighted by molar-refractivity contribution is 6.36. The van der Waals surface area contributed by atoms with E-state index in [1.165, 1.54) is 11.0 Å². The number of phenolic OH excluding ortho intramolecular Hbond substituents is 1. The second-order valence-corrected chi connectivity index (χ2v) is 13.0. The molecule has 1 amide bonds. The summed E-state index contributed by atoms with van der Waals surface area (Å²) in [5, 5.41) is 22.2. The highest BCUT2D eigenvalue weighted by atomic mass is 35.5. The number of nitrogens with zero attached hydrogens (tertiary/aromatic N) is 6. The van der Waals surface area contributed by atoms with E-state index in [0.29, 0.717) is 39.2 Å². The Labute approximate surface area is 275 Å². The van der Waals surface area contributed by atoms with Gasteiger partial charge in [-0.05, 0) is 74.0 Å². The summed E-state index contributed by atoms with van der Waals surface area (Å²) in [6.07, 6.45) is 4.14. The first kappa shape index (κ1) is 31.1. The molecule has 12 heteroatoms. The van der Waals surface area contributed by atoms with Gasteiger partial charge >= 0.3 is 6.01 Å². The highest BCUT2D eigenvalue weighted by Gasteiger charge is 2.45. The summed E-state index contributed by atoms with van der Waals surface area (Å²) >= 11 is 6.44. The molecular weight excluding hydrogens is 626 g/mol. The van der Waals surface area contributed by atoms with Crippen molar-refractivity contribution in [3.8, 4) is 29.0 Å². The summed E-state index contributed by atoms with van der Waals surface area (Å²) in [6, 6.07) is 13.1. The van der Waals surface area contributed by atoms with Crippen molar-refractivity contribution in [1.29, 1.82) is 5.26 Å². The summed E-state index contributed by atoms with van der Waals surface area (Å²) in [5.74, 6) is -2.24. The Balaban J connectivity index is 1.34. The molecule has 0 bridgehead atoms. The molecule has 4 aromatic rings. The predicted octanol–water partition coefficient (Wildman–Crippen LogP) is 6.37. The zero-order valence-electron chi connectivity index (χ0n) is 25.7. The average Bonchev–Trinajstić information content (AvgIpc) is 3.65. The largest absolute Gasteiger partial charge is 0.508 e. The minimum absolute atomic E-state index is 0.0213. The van der Waals surface area contributed by atoms with E-state index in [9.17, 15) is 19.6 Å². The number of hydrogen-bond acceptors (Lipinski definition) is 8. The van der Waals surface area contributed by atoms with Crippen molar-refractivity contribution in [1.82, 2.24) is 19.8 Å². The van der Waals surface area contributed by atoms with Gasteiger partial charge in [-0.15, -0.1) is 0 Å². The van der Waals surface area contributed by atoms with Crippen LogP contribution in [0.2, 0.25) is 5.02 Å². The minimum Gasteiger partial charge on any atom is -0.508 e. The second-order valence-electron chi connectivity index (χ2n) is 12.6. The normalized spacial score (nSPS) is 19.2. The van der Waals surface area contributed by atoms with Crippen LogP contribution in [0.1, 0.15) is 32.1 Å². The van der Waals surface area contributed by atoms with E-state index in [0.717, 1.165) is 38.8 Å². The molecule has 0 radical (unpaired) electrons. The molecular formula is C35H33ClF2N6O3. The number of hydrogen-bond donors (Lipinski definition) is 1. The molecule has 7 rings (SSSR count). The number of nitriles is 1. The molecule has 1 N–H and O–H groups in total. The van der Waals surface area contributed by atoms with Crippen LogP contribution in [0.4, 0.5) is 14.6 Å². The third-order valence-corrected chi connectivity index (χ3v) is 10.2. The predicted molar refractivity (Wildman–Crippen MR) is 176 cm³/mol. The van der Waals surface area contributed by atoms with Gasteiger partial charge in [-0.3, -0.25) is 9.69 Å². The van der Waals surface area contributed by atoms with Gasteiger partial charge in [0, 0.05) is 41.0 Å². The van der Waals surface area contributed by atoms with Gasteiger partial charge in [0.15, 0.2) is 11.6 Å². The van der Waals surface area contributed by atoms with Crippen molar-refractivity contribution >= 4 is 45.0 Å². The zero-order valence-corrected chi connectivity index (χ0v) is 26.4. The molecule has 3 aliphatic heterocycles. The number of halogens is 3. The maximum atomic E-state index is 16.8. The van der Waals surface area contributed by atoms with E-state index in [-0.39, 0.29) is 54.4 Å². The maximum Gasteiger partial charge on any atom is 0.319 e. The molecule has 47 heavy (non-hydrogen) atoms. The van der Waals surface area contributed by atoms with Crippen molar-refractivity contribution in [2.24, 2.45) is 0 Å². The van der Waals surface area contributed by atoms with Crippen molar-refractivity contribution in [3.05, 3.63) is 65.7 Å². The molecule has 1 atom stereocenters. The Morgan fingerprint density at radius 1 is 1.09 bits per heavy atom. The molecule has 4 heterocycles. The van der Waals surface area contributed by atoms with Gasteiger partial charge < -0.3 is 19.6 Å². The van der Waals surface area contributed by atoms with Crippen molar-refractivity contribution in [2.45, 2.75) is 43.7 Å². The lowest BCUT2D eigenvalue weighted by atomic mass is 9.95. The molecule has 1 aromatic heterocycles. The van der Waals surface area contributed by atoms with Gasteiger partial charge in [0.1, 0.15) is 23.7 Å². The second kappa shape index (κ2) is 12.2. The number of aromatic hydroxyl groups is 1. The Morgan fingerprint density at radius 3 is 2.62 bits per heavy atom. The van der Waals surface area contributed by atoms with Crippen LogP contribution in [-0.4, -0.2) is 81.7 Å². The van der Waals surface area contributed by atoms with Crippen LogP contribution in [0.3, 0.4) is 0 Å². The lowest BCUT2D eigenvalue weighted by Gasteiger charge is -2.41. The number of piperazine rings is 1. The van der Waals surface area contributed by atoms with E-state index in [4.69, 9.17) is 21.3 Å². The van der Waals surface area contributed by atoms with Crippen LogP contribution in [0.5, 0.6) is 11.8 Å². The Kier molecular flexibility index (Phi) is 8.10. The van der Waals surface area contributed by atoms with Crippen molar-refractivity contribution in [3.63, 3.8) is 0 Å². The molecule has 0 spiro atoms. The van der Waals surface area contributed by atoms with Gasteiger partial charge in [0.05, 0.1) is 24.1 Å². The standard InChI is InChI=1S/C35H33ClF2N6O3/c1-21(37)33(46)44-16-15-42(19-22(44)9-12-39)32-26-8-7-25(27-17-23(45)18-28-24(27)5-2-6-29(28)36)30(38)31(26)40-34(41-32)47-20-35-10-3-13-43(35)14-4-11-35/h2,5-8,17-18,22,45H,1,3-4,9-11,13-16,19-20H2/t22-/m0/s1. The van der Waals surface area contributed by atoms with E-state index in [1.807, 2.05) is 11.0 Å². The number of ether oxygens (including phenoxy) is 1. The molecule has 0 aliphatic carbocycles. The first-order valence-corrected chi connectivity index (χ1v) is 16.1. The third kappa shape index (κ3) is 5.49. The van der Waals surface area contributed by atoms with Gasteiger partial charge in [-0.25, -0.2) is 8.78 Å². The zero-order chi connectivity index (χ0) is 32.9. The molecule has 3 aliphatic rings. The van der Waals surface area contributed by atoms with Crippen LogP contribution in [0.25, 0.3) is 32.8 Å². The van der Waals surface area contributed by atoms with Crippen LogP contribution >= 0.6 is 11.6 Å². The molecule has 9 nitrogen and oxygen atoms in total. The fourth-order valence-corrected chi connectivity index (χ4v) is 7.84. The van der Waals surface area contributed by atoms with Crippen LogP contribution in [0, 0.1) is 17.1 Å². The smallest absolute Gasteiger partial charge is 0.319 e. The first-order chi connectivity index (χ1) is 22.7. The van der Waals surface area contributed by atoms with Gasteiger partial charge in [-0.2, -0.15) is 15.2 Å². The van der Waals surface area contributed by atoms with E-state index < -0.39 is 23.6 Å². The monoisotopic (exact) mass is 658 g/mol. The lowest BCUT2D eigenvalue weighted by molar-refractivity contribution is -0.131. The van der Waals surface area contributed by atoms with Crippen LogP contribution in [-0.2, 0) is 4.79 Å². The maximum absolute atomic E-state index is 16.8. The highest BCUT2D eigenvalue weighted by Crippen LogP contribution is 2.42. The number of fused-ring (bicyclic) bond motifs is 3. The van der Waals surface area contributed by atoms with Crippen molar-refractivity contribution < 1.29 is 23.4 Å². The van der Waals surface area contributed by atoms with Crippen LogP contribution in [0.15, 0.2) is 54.9 Å². The number of anilines is 1. The molecule has 3 aromatic carbocycles. The Hall–Kier alpha value is -4.53. The Morgan fingerprint density at radius 2 is 1.87 bits per heavy atom. The minimum atomic E-state index is -1.09. The van der Waals surface area contributed by atoms with Crippen LogP contribution < -0.4 is 9.64 Å². The molecule has 242 valence electrons. The number of aromatic nitrogens is 2. The van der Waals surface area contributed by atoms with Gasteiger partial charge in [-0.1, -0.05) is 36.4 Å². The molecule has 3 fully saturated rings. The summed E-state index contributed by atoms with van der Waals surface area (Å²) < 4.78 is 37.0. The van der Waals surface area contributed by atoms with E-state index in [1.54, 1.807) is 30.3 Å². The number of phenols is 1. The fraction of sp³-hybridized carbons (Fsp3) is 0.371.